The Bertz CT molecular complexity index is 1180. The zero-order valence-electron chi connectivity index (χ0n) is 14.7. The Morgan fingerprint density at radius 2 is 1.81 bits per heavy atom. The van der Waals surface area contributed by atoms with Crippen molar-refractivity contribution in [3.05, 3.63) is 65.3 Å². The lowest BCUT2D eigenvalue weighted by Crippen LogP contribution is -1.95. The highest BCUT2D eigenvalue weighted by Gasteiger charge is 2.13. The van der Waals surface area contributed by atoms with Gasteiger partial charge in [0.1, 0.15) is 22.0 Å². The van der Waals surface area contributed by atoms with E-state index in [-0.39, 0.29) is 5.82 Å². The molecule has 2 aromatic carbocycles. The summed E-state index contributed by atoms with van der Waals surface area (Å²) in [7, 11) is 3.20. The van der Waals surface area contributed by atoms with Crippen LogP contribution in [0.1, 0.15) is 0 Å². The number of halogens is 1. The second kappa shape index (κ2) is 6.85. The van der Waals surface area contributed by atoms with E-state index < -0.39 is 0 Å². The summed E-state index contributed by atoms with van der Waals surface area (Å²) in [5, 5.41) is 0. The van der Waals surface area contributed by atoms with Crippen LogP contribution in [0.5, 0.6) is 11.5 Å². The highest BCUT2D eigenvalue weighted by atomic mass is 32.1. The molecular formula is C20H16FN3O2S. The number of fused-ring (bicyclic) bond motifs is 1. The molecule has 0 amide bonds. The lowest BCUT2D eigenvalue weighted by Gasteiger charge is -2.10. The molecule has 0 bridgehead atoms. The number of methoxy groups -OCH3 is 2. The summed E-state index contributed by atoms with van der Waals surface area (Å²) in [5.74, 6) is 1.67. The summed E-state index contributed by atoms with van der Waals surface area (Å²) < 4.78 is 26.3. The van der Waals surface area contributed by atoms with E-state index >= 15 is 0 Å². The predicted molar refractivity (Wildman–Crippen MR) is 104 cm³/mol. The van der Waals surface area contributed by atoms with Gasteiger partial charge >= 0.3 is 0 Å². The molecule has 4 rings (SSSR count). The number of nitrogens with one attached hydrogen (secondary N) is 1. The van der Waals surface area contributed by atoms with Gasteiger partial charge in [0.25, 0.3) is 0 Å². The number of imidazole rings is 1. The Labute approximate surface area is 160 Å². The van der Waals surface area contributed by atoms with Crippen LogP contribution in [0, 0.1) is 10.5 Å². The van der Waals surface area contributed by atoms with Crippen LogP contribution in [0.15, 0.2) is 54.9 Å². The fraction of sp³-hybridized carbons (Fsp3) is 0.100. The second-order valence-electron chi connectivity index (χ2n) is 5.91. The summed E-state index contributed by atoms with van der Waals surface area (Å²) in [5.41, 5.74) is 3.24. The smallest absolute Gasteiger partial charge is 0.212 e. The molecule has 136 valence electrons. The molecule has 0 unspecified atom stereocenters. The van der Waals surface area contributed by atoms with Gasteiger partial charge < -0.3 is 14.5 Å². The van der Waals surface area contributed by atoms with Crippen molar-refractivity contribution in [1.82, 2.24) is 14.4 Å². The van der Waals surface area contributed by atoms with Gasteiger partial charge in [0.05, 0.1) is 19.9 Å². The zero-order valence-corrected chi connectivity index (χ0v) is 15.5. The first-order chi connectivity index (χ1) is 13.1. The van der Waals surface area contributed by atoms with Crippen LogP contribution < -0.4 is 9.47 Å². The van der Waals surface area contributed by atoms with Crippen molar-refractivity contribution >= 4 is 18.0 Å². The first kappa shape index (κ1) is 17.2. The highest BCUT2D eigenvalue weighted by molar-refractivity contribution is 7.71. The van der Waals surface area contributed by atoms with Gasteiger partial charge in [0, 0.05) is 29.6 Å². The molecular weight excluding hydrogens is 365 g/mol. The maximum atomic E-state index is 13.2. The minimum atomic E-state index is -0.279. The Hall–Kier alpha value is -3.19. The molecule has 0 saturated carbocycles. The molecule has 0 atom stereocenters. The van der Waals surface area contributed by atoms with Crippen molar-refractivity contribution < 1.29 is 13.9 Å². The maximum Gasteiger partial charge on any atom is 0.212 e. The molecule has 5 nitrogen and oxygen atoms in total. The Morgan fingerprint density at radius 1 is 1.04 bits per heavy atom. The number of hydrogen-bond donors (Lipinski definition) is 1. The Morgan fingerprint density at radius 3 is 2.52 bits per heavy atom. The number of hydrogen-bond acceptors (Lipinski definition) is 4. The van der Waals surface area contributed by atoms with Crippen LogP contribution >= 0.6 is 12.2 Å². The molecule has 0 aliphatic carbocycles. The largest absolute Gasteiger partial charge is 0.497 e. The van der Waals surface area contributed by atoms with E-state index in [9.17, 15) is 4.39 Å². The van der Waals surface area contributed by atoms with E-state index in [1.165, 1.54) is 12.1 Å². The van der Waals surface area contributed by atoms with Gasteiger partial charge in [0.2, 0.25) is 5.78 Å². The van der Waals surface area contributed by atoms with Crippen molar-refractivity contribution in [3.8, 4) is 33.9 Å². The second-order valence-corrected chi connectivity index (χ2v) is 6.30. The van der Waals surface area contributed by atoms with E-state index in [4.69, 9.17) is 21.7 Å². The van der Waals surface area contributed by atoms with Gasteiger partial charge in [-0.2, -0.15) is 0 Å². The van der Waals surface area contributed by atoms with Gasteiger partial charge in [0.15, 0.2) is 0 Å². The van der Waals surface area contributed by atoms with Gasteiger partial charge in [-0.15, -0.1) is 0 Å². The Balaban J connectivity index is 1.86. The number of ether oxygens (including phenoxy) is 2. The van der Waals surface area contributed by atoms with Crippen molar-refractivity contribution in [1.29, 1.82) is 0 Å². The molecule has 1 N–H and O–H groups in total. The van der Waals surface area contributed by atoms with E-state index in [0.29, 0.717) is 21.9 Å². The van der Waals surface area contributed by atoms with E-state index in [2.05, 4.69) is 9.97 Å². The maximum absolute atomic E-state index is 13.2. The minimum absolute atomic E-state index is 0.279. The summed E-state index contributed by atoms with van der Waals surface area (Å²) in [4.78, 5) is 7.69. The molecule has 0 fully saturated rings. The highest BCUT2D eigenvalue weighted by Crippen LogP contribution is 2.34. The third-order valence-electron chi connectivity index (χ3n) is 4.35. The molecule has 4 aromatic rings. The third kappa shape index (κ3) is 3.06. The average molecular weight is 381 g/mol. The molecule has 0 aliphatic heterocycles. The monoisotopic (exact) mass is 381 g/mol. The Kier molecular flexibility index (Phi) is 4.37. The standard InChI is InChI=1S/C20H16FN3O2S/c1-25-14-7-8-15(18(9-14)26-2)16-10-22-20-23-17(11-24(20)19(16)27)12-3-5-13(21)6-4-12/h3-11H,1-2H3,(H,22,23). The van der Waals surface area contributed by atoms with Gasteiger partial charge in [-0.25, -0.2) is 9.37 Å². The molecule has 27 heavy (non-hydrogen) atoms. The zero-order chi connectivity index (χ0) is 19.0. The van der Waals surface area contributed by atoms with Crippen LogP contribution in [0.4, 0.5) is 4.39 Å². The van der Waals surface area contributed by atoms with Gasteiger partial charge in [-0.3, -0.25) is 4.40 Å². The number of H-pyrrole nitrogens is 1. The fourth-order valence-electron chi connectivity index (χ4n) is 2.95. The van der Waals surface area contributed by atoms with Crippen molar-refractivity contribution in [3.63, 3.8) is 0 Å². The number of aromatic amines is 1. The third-order valence-corrected chi connectivity index (χ3v) is 4.77. The molecule has 2 aromatic heterocycles. The lowest BCUT2D eigenvalue weighted by atomic mass is 10.1. The van der Waals surface area contributed by atoms with Crippen LogP contribution in [-0.4, -0.2) is 28.6 Å². The predicted octanol–water partition coefficient (Wildman–Crippen LogP) is 4.88. The quantitative estimate of drug-likeness (QED) is 0.512. The minimum Gasteiger partial charge on any atom is -0.497 e. The lowest BCUT2D eigenvalue weighted by molar-refractivity contribution is 0.395. The summed E-state index contributed by atoms with van der Waals surface area (Å²) in [6, 6.07) is 11.8. The molecule has 0 spiro atoms. The first-order valence-corrected chi connectivity index (χ1v) is 8.60. The number of benzene rings is 2. The summed E-state index contributed by atoms with van der Waals surface area (Å²) in [6.07, 6.45) is 3.57. The summed E-state index contributed by atoms with van der Waals surface area (Å²) >= 11 is 5.68. The van der Waals surface area contributed by atoms with Crippen LogP contribution in [0.3, 0.4) is 0 Å². The number of aromatic nitrogens is 3. The molecule has 0 aliphatic rings. The topological polar surface area (TPSA) is 51.5 Å². The summed E-state index contributed by atoms with van der Waals surface area (Å²) in [6.45, 7) is 0. The van der Waals surface area contributed by atoms with Gasteiger partial charge in [-0.1, -0.05) is 12.2 Å². The molecule has 0 saturated heterocycles. The molecule has 7 heteroatoms. The van der Waals surface area contributed by atoms with E-state index in [1.54, 1.807) is 43.0 Å². The first-order valence-electron chi connectivity index (χ1n) is 8.19. The number of nitrogens with zero attached hydrogens (tertiary/aromatic N) is 2. The van der Waals surface area contributed by atoms with Crippen molar-refractivity contribution in [2.45, 2.75) is 0 Å². The average Bonchev–Trinajstić information content (AvgIpc) is 3.14. The molecule has 2 heterocycles. The van der Waals surface area contributed by atoms with Crippen LogP contribution in [0.25, 0.3) is 28.2 Å². The van der Waals surface area contributed by atoms with E-state index in [1.807, 2.05) is 18.3 Å². The number of rotatable bonds is 4. The fourth-order valence-corrected chi connectivity index (χ4v) is 3.25. The van der Waals surface area contributed by atoms with E-state index in [0.717, 1.165) is 22.4 Å². The van der Waals surface area contributed by atoms with Gasteiger partial charge in [-0.05, 0) is 42.0 Å². The SMILES string of the molecule is COc1ccc(-c2cnc3[nH]c(-c4ccc(F)cc4)cn3c2=S)c(OC)c1. The normalized spacial score (nSPS) is 10.9. The van der Waals surface area contributed by atoms with Crippen LogP contribution in [-0.2, 0) is 0 Å². The molecule has 0 radical (unpaired) electrons. The van der Waals surface area contributed by atoms with Crippen molar-refractivity contribution in [2.75, 3.05) is 14.2 Å². The van der Waals surface area contributed by atoms with Crippen molar-refractivity contribution in [2.24, 2.45) is 0 Å². The van der Waals surface area contributed by atoms with Crippen LogP contribution in [0.2, 0.25) is 0 Å².